The summed E-state index contributed by atoms with van der Waals surface area (Å²) in [6.07, 6.45) is -12.0. The molecule has 7 rings (SSSR count). The lowest BCUT2D eigenvalue weighted by Crippen LogP contribution is -2.60. The minimum Gasteiger partial charge on any atom is -0.471 e. The molecule has 15 heteroatoms. The fourth-order valence-electron chi connectivity index (χ4n) is 7.89. The van der Waals surface area contributed by atoms with E-state index < -0.39 is 98.7 Å². The van der Waals surface area contributed by atoms with Gasteiger partial charge in [-0.05, 0) is 24.5 Å². The molecule has 0 unspecified atom stereocenters. The van der Waals surface area contributed by atoms with Gasteiger partial charge in [0.15, 0.2) is 12.5 Å². The van der Waals surface area contributed by atoms with Gasteiger partial charge in [0.05, 0.1) is 36.6 Å². The summed E-state index contributed by atoms with van der Waals surface area (Å²) in [5.41, 5.74) is 2.71. The van der Waals surface area contributed by atoms with E-state index in [9.17, 15) is 45.6 Å². The molecule has 3 saturated heterocycles. The Kier molecular flexibility index (Phi) is 8.68. The molecule has 15 nitrogen and oxygen atoms in total. The first-order valence-electron chi connectivity index (χ1n) is 15.8. The minimum absolute atomic E-state index is 0.277. The molecule has 0 aliphatic carbocycles. The first-order valence-corrected chi connectivity index (χ1v) is 15.8. The highest BCUT2D eigenvalue weighted by Gasteiger charge is 2.53. The Morgan fingerprint density at radius 3 is 2.28 bits per heavy atom. The molecule has 5 aliphatic rings. The zero-order valence-corrected chi connectivity index (χ0v) is 25.3. The molecule has 0 bridgehead atoms. The maximum atomic E-state index is 14.1. The molecule has 1 aromatic carbocycles. The Morgan fingerprint density at radius 1 is 0.894 bits per heavy atom. The van der Waals surface area contributed by atoms with Crippen LogP contribution in [0.1, 0.15) is 29.9 Å². The van der Waals surface area contributed by atoms with Crippen molar-refractivity contribution in [3.05, 3.63) is 60.0 Å². The molecule has 0 spiro atoms. The van der Waals surface area contributed by atoms with E-state index in [0.29, 0.717) is 36.2 Å². The molecule has 14 atom stereocenters. The summed E-state index contributed by atoms with van der Waals surface area (Å²) in [6.45, 7) is 3.13. The summed E-state index contributed by atoms with van der Waals surface area (Å²) < 4.78 is 25.1. The molecular weight excluding hydrogens is 620 g/mol. The van der Waals surface area contributed by atoms with Gasteiger partial charge in [-0.1, -0.05) is 24.3 Å². The quantitative estimate of drug-likeness (QED) is 0.156. The van der Waals surface area contributed by atoms with Crippen LogP contribution in [0.4, 0.5) is 0 Å². The summed E-state index contributed by atoms with van der Waals surface area (Å²) in [4.78, 5) is 15.8. The third kappa shape index (κ3) is 5.04. The number of hydrogen-bond donors (Lipinski definition) is 8. The number of carbonyl (C=O) groups is 1. The van der Waals surface area contributed by atoms with Gasteiger partial charge < -0.3 is 69.3 Å². The van der Waals surface area contributed by atoms with Crippen molar-refractivity contribution in [1.82, 2.24) is 9.47 Å². The molecule has 1 amide bonds. The number of hydrogen-bond acceptors (Lipinski definition) is 13. The smallest absolute Gasteiger partial charge is 0.253 e. The van der Waals surface area contributed by atoms with E-state index in [4.69, 9.17) is 18.9 Å². The Labute approximate surface area is 269 Å². The van der Waals surface area contributed by atoms with Crippen molar-refractivity contribution in [2.24, 2.45) is 11.8 Å². The number of aliphatic hydroxyl groups excluding tert-OH is 8. The number of aromatic nitrogens is 1. The van der Waals surface area contributed by atoms with Gasteiger partial charge in [-0.2, -0.15) is 0 Å². The van der Waals surface area contributed by atoms with E-state index in [0.717, 1.165) is 10.9 Å². The fourth-order valence-corrected chi connectivity index (χ4v) is 7.89. The van der Waals surface area contributed by atoms with Gasteiger partial charge in [-0.25, -0.2) is 0 Å². The van der Waals surface area contributed by atoms with Crippen molar-refractivity contribution in [2.45, 2.75) is 86.5 Å². The zero-order chi connectivity index (χ0) is 33.3. The predicted octanol–water partition coefficient (Wildman–Crippen LogP) is -2.08. The fraction of sp³-hybridized carbons (Fsp3) is 0.594. The van der Waals surface area contributed by atoms with Crippen LogP contribution in [0.15, 0.2) is 48.8 Å². The second kappa shape index (κ2) is 12.5. The average Bonchev–Trinajstić information content (AvgIpc) is 3.42. The number of piperidine rings is 1. The summed E-state index contributed by atoms with van der Waals surface area (Å²) in [7, 11) is 0. The van der Waals surface area contributed by atoms with E-state index in [-0.39, 0.29) is 5.91 Å². The second-order valence-electron chi connectivity index (χ2n) is 12.8. The van der Waals surface area contributed by atoms with Crippen LogP contribution >= 0.6 is 0 Å². The Bertz CT molecular complexity index is 1540. The van der Waals surface area contributed by atoms with Gasteiger partial charge in [-0.15, -0.1) is 6.58 Å². The van der Waals surface area contributed by atoms with Crippen LogP contribution in [0, 0.1) is 11.8 Å². The molecule has 6 heterocycles. The number of nitrogens with zero attached hydrogens (tertiary/aromatic N) is 2. The van der Waals surface area contributed by atoms with Gasteiger partial charge >= 0.3 is 0 Å². The SMILES string of the molecule is C=C[C@H]1[C@H](O[C@@H]2O[C@H](CO)[C@@H](O)[C@H](O)[C@H]2O)OC=C2C(=O)N3CCc4c(n([C@@H]5O[C@H](CO)[C@@H](O)[C@H](O)[C@H]5O)c5ccccc45)[C@H]3C[C@H]21. The topological polar surface area (TPSA) is 224 Å². The predicted molar refractivity (Wildman–Crippen MR) is 159 cm³/mol. The van der Waals surface area contributed by atoms with Crippen molar-refractivity contribution < 1.29 is 64.6 Å². The Hall–Kier alpha value is -2.93. The van der Waals surface area contributed by atoms with E-state index in [1.165, 1.54) is 6.26 Å². The highest BCUT2D eigenvalue weighted by molar-refractivity contribution is 5.96. The van der Waals surface area contributed by atoms with Crippen molar-refractivity contribution in [1.29, 1.82) is 0 Å². The summed E-state index contributed by atoms with van der Waals surface area (Å²) in [6, 6.07) is 6.95. The standard InChI is InChI=1S/C32H40N2O13/c1-2-13-16-9-19-22-15(14-5-3-4-6-18(14)34(22)30-27(41)25(39)23(37)20(10-35)45-30)7-8-33(19)29(43)17(16)12-44-31(13)47-32-28(42)26(40)24(38)21(11-36)46-32/h2-6,12-13,16,19-21,23-28,30-32,35-42H,1,7-11H2/t13-,16+,19-,20-,21-,23-,24-,25+,26+,27-,28-,30-,31+,32+/m1/s1. The lowest BCUT2D eigenvalue weighted by molar-refractivity contribution is -0.339. The number of fused-ring (bicyclic) bond motifs is 6. The molecule has 8 N–H and O–H groups in total. The zero-order valence-electron chi connectivity index (χ0n) is 25.3. The van der Waals surface area contributed by atoms with Gasteiger partial charge in [0, 0.05) is 29.5 Å². The van der Waals surface area contributed by atoms with E-state index in [1.54, 1.807) is 15.5 Å². The van der Waals surface area contributed by atoms with Crippen LogP contribution in [0.5, 0.6) is 0 Å². The van der Waals surface area contributed by atoms with Crippen molar-refractivity contribution in [3.63, 3.8) is 0 Å². The van der Waals surface area contributed by atoms with Gasteiger partial charge in [0.1, 0.15) is 48.8 Å². The van der Waals surface area contributed by atoms with Crippen molar-refractivity contribution >= 4 is 16.8 Å². The van der Waals surface area contributed by atoms with Crippen molar-refractivity contribution in [2.75, 3.05) is 19.8 Å². The van der Waals surface area contributed by atoms with Crippen LogP contribution in [-0.2, 0) is 30.2 Å². The van der Waals surface area contributed by atoms with E-state index in [2.05, 4.69) is 6.58 Å². The van der Waals surface area contributed by atoms with E-state index >= 15 is 0 Å². The number of para-hydroxylation sites is 1. The highest BCUT2D eigenvalue weighted by Crippen LogP contribution is 2.50. The lowest BCUT2D eigenvalue weighted by Gasteiger charge is -2.49. The molecule has 1 aromatic heterocycles. The number of carbonyl (C=O) groups excluding carboxylic acids is 1. The molecule has 5 aliphatic heterocycles. The number of ether oxygens (including phenoxy) is 4. The van der Waals surface area contributed by atoms with Gasteiger partial charge in [0.2, 0.25) is 6.29 Å². The van der Waals surface area contributed by atoms with Crippen LogP contribution in [0.25, 0.3) is 10.9 Å². The normalized spacial score (nSPS) is 41.8. The van der Waals surface area contributed by atoms with Crippen LogP contribution in [-0.4, -0.2) is 137 Å². The third-order valence-electron chi connectivity index (χ3n) is 10.4. The number of rotatable bonds is 6. The maximum absolute atomic E-state index is 14.1. The first kappa shape index (κ1) is 32.6. The monoisotopic (exact) mass is 660 g/mol. The van der Waals surface area contributed by atoms with Crippen molar-refractivity contribution in [3.8, 4) is 0 Å². The maximum Gasteiger partial charge on any atom is 0.253 e. The summed E-state index contributed by atoms with van der Waals surface area (Å²) >= 11 is 0. The molecule has 0 saturated carbocycles. The highest BCUT2D eigenvalue weighted by atomic mass is 16.8. The third-order valence-corrected chi connectivity index (χ3v) is 10.4. The second-order valence-corrected chi connectivity index (χ2v) is 12.8. The summed E-state index contributed by atoms with van der Waals surface area (Å²) in [5.74, 6) is -1.43. The van der Waals surface area contributed by atoms with Gasteiger partial charge in [-0.3, -0.25) is 4.79 Å². The van der Waals surface area contributed by atoms with Crippen LogP contribution < -0.4 is 0 Å². The molecule has 256 valence electrons. The lowest BCUT2D eigenvalue weighted by atomic mass is 9.74. The van der Waals surface area contributed by atoms with E-state index in [1.807, 2.05) is 24.3 Å². The van der Waals surface area contributed by atoms with Gasteiger partial charge in [0.25, 0.3) is 5.91 Å². The molecule has 0 radical (unpaired) electrons. The molecule has 2 aromatic rings. The van der Waals surface area contributed by atoms with Crippen LogP contribution in [0.3, 0.4) is 0 Å². The number of benzene rings is 1. The minimum atomic E-state index is -1.66. The Morgan fingerprint density at radius 2 is 1.57 bits per heavy atom. The first-order chi connectivity index (χ1) is 22.6. The molecular formula is C32H40N2O13. The van der Waals surface area contributed by atoms with Crippen LogP contribution in [0.2, 0.25) is 0 Å². The molecule has 3 fully saturated rings. The number of aliphatic hydroxyl groups is 8. The average molecular weight is 661 g/mol. The summed E-state index contributed by atoms with van der Waals surface area (Å²) in [5, 5.41) is 83.8. The molecule has 47 heavy (non-hydrogen) atoms. The number of amides is 1. The Balaban J connectivity index is 1.25. The largest absolute Gasteiger partial charge is 0.471 e.